The molecule has 0 spiro atoms. The van der Waals surface area contributed by atoms with Crippen LogP contribution in [0.15, 0.2) is 60.9 Å². The molecule has 0 aliphatic rings. The van der Waals surface area contributed by atoms with Crippen LogP contribution >= 0.6 is 0 Å². The molecule has 5 nitrogen and oxygen atoms in total. The monoisotopic (exact) mass is 346 g/mol. The van der Waals surface area contributed by atoms with Gasteiger partial charge in [0.05, 0.1) is 5.56 Å². The number of carbonyl (C=O) groups is 1. The second kappa shape index (κ2) is 7.78. The molecule has 0 saturated heterocycles. The van der Waals surface area contributed by atoms with E-state index in [2.05, 4.69) is 28.3 Å². The smallest absolute Gasteiger partial charge is 0.257 e. The maximum atomic E-state index is 12.5. The normalized spacial score (nSPS) is 10.4. The number of aromatic nitrogens is 2. The van der Waals surface area contributed by atoms with Crippen molar-refractivity contribution < 1.29 is 4.79 Å². The van der Waals surface area contributed by atoms with E-state index in [0.29, 0.717) is 18.1 Å². The van der Waals surface area contributed by atoms with Crippen LogP contribution < -0.4 is 5.32 Å². The Morgan fingerprint density at radius 1 is 1.04 bits per heavy atom. The Labute approximate surface area is 153 Å². The lowest BCUT2D eigenvalue weighted by molar-refractivity contribution is 0.0784. The summed E-state index contributed by atoms with van der Waals surface area (Å²) in [7, 11) is 1.77. The van der Waals surface area contributed by atoms with Crippen molar-refractivity contribution in [1.29, 1.82) is 0 Å². The van der Waals surface area contributed by atoms with Gasteiger partial charge in [-0.1, -0.05) is 48.0 Å². The topological polar surface area (TPSA) is 58.1 Å². The molecular weight excluding hydrogens is 324 g/mol. The van der Waals surface area contributed by atoms with Gasteiger partial charge in [0.2, 0.25) is 5.95 Å². The van der Waals surface area contributed by atoms with Gasteiger partial charge in [-0.2, -0.15) is 0 Å². The zero-order valence-corrected chi connectivity index (χ0v) is 15.2. The molecule has 1 N–H and O–H groups in total. The van der Waals surface area contributed by atoms with Gasteiger partial charge in [-0.25, -0.2) is 9.97 Å². The van der Waals surface area contributed by atoms with Crippen LogP contribution in [0.5, 0.6) is 0 Å². The molecule has 132 valence electrons. The number of hydrogen-bond donors (Lipinski definition) is 1. The average molecular weight is 346 g/mol. The predicted octanol–water partition coefficient (Wildman–Crippen LogP) is 4.11. The standard InChI is InChI=1S/C21H22N4O/c1-15-9-10-19(16(2)11-15)24-21-22-12-18(13-23-21)20(26)25(3)14-17-7-5-4-6-8-17/h4-13H,14H2,1-3H3,(H,22,23,24). The van der Waals surface area contributed by atoms with Gasteiger partial charge in [-0.05, 0) is 31.0 Å². The summed E-state index contributed by atoms with van der Waals surface area (Å²) in [5.74, 6) is 0.367. The number of anilines is 2. The Hall–Kier alpha value is -3.21. The number of carbonyl (C=O) groups excluding carboxylic acids is 1. The Kier molecular flexibility index (Phi) is 5.27. The van der Waals surface area contributed by atoms with Gasteiger partial charge in [-0.3, -0.25) is 4.79 Å². The van der Waals surface area contributed by atoms with Gasteiger partial charge in [0.15, 0.2) is 0 Å². The van der Waals surface area contributed by atoms with Gasteiger partial charge in [-0.15, -0.1) is 0 Å². The molecular formula is C21H22N4O. The first-order chi connectivity index (χ1) is 12.5. The number of aryl methyl sites for hydroxylation is 2. The lowest BCUT2D eigenvalue weighted by Gasteiger charge is -2.17. The first-order valence-electron chi connectivity index (χ1n) is 8.48. The minimum absolute atomic E-state index is 0.105. The third-order valence-corrected chi connectivity index (χ3v) is 4.14. The van der Waals surface area contributed by atoms with Crippen LogP contribution in [0.25, 0.3) is 0 Å². The minimum Gasteiger partial charge on any atom is -0.337 e. The molecule has 1 heterocycles. The highest BCUT2D eigenvalue weighted by molar-refractivity contribution is 5.93. The Bertz CT molecular complexity index is 892. The van der Waals surface area contributed by atoms with Gasteiger partial charge < -0.3 is 10.2 Å². The van der Waals surface area contributed by atoms with E-state index in [-0.39, 0.29) is 5.91 Å². The van der Waals surface area contributed by atoms with Crippen molar-refractivity contribution in [1.82, 2.24) is 14.9 Å². The number of rotatable bonds is 5. The molecule has 1 aromatic heterocycles. The number of hydrogen-bond acceptors (Lipinski definition) is 4. The molecule has 26 heavy (non-hydrogen) atoms. The minimum atomic E-state index is -0.105. The molecule has 0 bridgehead atoms. The highest BCUT2D eigenvalue weighted by Gasteiger charge is 2.13. The number of benzene rings is 2. The largest absolute Gasteiger partial charge is 0.337 e. The van der Waals surface area contributed by atoms with E-state index in [4.69, 9.17) is 0 Å². The first-order valence-corrected chi connectivity index (χ1v) is 8.48. The number of amides is 1. The first kappa shape index (κ1) is 17.6. The molecule has 2 aromatic carbocycles. The van der Waals surface area contributed by atoms with E-state index in [9.17, 15) is 4.79 Å². The third kappa shape index (κ3) is 4.25. The summed E-state index contributed by atoms with van der Waals surface area (Å²) in [6, 6.07) is 16.0. The van der Waals surface area contributed by atoms with E-state index in [1.165, 1.54) is 5.56 Å². The zero-order chi connectivity index (χ0) is 18.5. The lowest BCUT2D eigenvalue weighted by Crippen LogP contribution is -2.26. The molecule has 0 atom stereocenters. The molecule has 0 aliphatic heterocycles. The molecule has 0 fully saturated rings. The third-order valence-electron chi connectivity index (χ3n) is 4.14. The average Bonchev–Trinajstić information content (AvgIpc) is 2.65. The van der Waals surface area contributed by atoms with Gasteiger partial charge >= 0.3 is 0 Å². The summed E-state index contributed by atoms with van der Waals surface area (Å²) in [5, 5.41) is 3.19. The van der Waals surface area contributed by atoms with Crippen LogP contribution in [0.2, 0.25) is 0 Å². The van der Waals surface area contributed by atoms with Crippen LogP contribution in [0.1, 0.15) is 27.0 Å². The van der Waals surface area contributed by atoms with Crippen molar-refractivity contribution in [2.75, 3.05) is 12.4 Å². The molecule has 0 saturated carbocycles. The quantitative estimate of drug-likeness (QED) is 0.755. The van der Waals surface area contributed by atoms with E-state index < -0.39 is 0 Å². The summed E-state index contributed by atoms with van der Waals surface area (Å²) in [5.41, 5.74) is 4.83. The van der Waals surface area contributed by atoms with Crippen molar-refractivity contribution in [3.05, 3.63) is 83.2 Å². The number of nitrogens with one attached hydrogen (secondary N) is 1. The van der Waals surface area contributed by atoms with E-state index in [1.54, 1.807) is 24.3 Å². The molecule has 0 radical (unpaired) electrons. The van der Waals surface area contributed by atoms with Crippen molar-refractivity contribution >= 4 is 17.5 Å². The summed E-state index contributed by atoms with van der Waals surface area (Å²) >= 11 is 0. The van der Waals surface area contributed by atoms with Crippen LogP contribution in [0, 0.1) is 13.8 Å². The SMILES string of the molecule is Cc1ccc(Nc2ncc(C(=O)N(C)Cc3ccccc3)cn2)c(C)c1. The molecule has 3 rings (SSSR count). The summed E-state index contributed by atoms with van der Waals surface area (Å²) < 4.78 is 0. The van der Waals surface area contributed by atoms with Crippen molar-refractivity contribution in [3.8, 4) is 0 Å². The maximum Gasteiger partial charge on any atom is 0.257 e. The Morgan fingerprint density at radius 3 is 2.38 bits per heavy atom. The summed E-state index contributed by atoms with van der Waals surface area (Å²) in [6.07, 6.45) is 3.12. The fraction of sp³-hybridized carbons (Fsp3) is 0.190. The summed E-state index contributed by atoms with van der Waals surface area (Å²) in [4.78, 5) is 22.8. The van der Waals surface area contributed by atoms with Crippen molar-refractivity contribution in [2.24, 2.45) is 0 Å². The molecule has 0 unspecified atom stereocenters. The Balaban J connectivity index is 1.67. The highest BCUT2D eigenvalue weighted by atomic mass is 16.2. The number of nitrogens with zero attached hydrogens (tertiary/aromatic N) is 3. The van der Waals surface area contributed by atoms with Gasteiger partial charge in [0, 0.05) is 31.7 Å². The fourth-order valence-electron chi connectivity index (χ4n) is 2.73. The maximum absolute atomic E-state index is 12.5. The summed E-state index contributed by atoms with van der Waals surface area (Å²) in [6.45, 7) is 4.63. The van der Waals surface area contributed by atoms with E-state index in [1.807, 2.05) is 49.4 Å². The van der Waals surface area contributed by atoms with Crippen LogP contribution in [-0.4, -0.2) is 27.8 Å². The zero-order valence-electron chi connectivity index (χ0n) is 15.2. The lowest BCUT2D eigenvalue weighted by atomic mass is 10.1. The van der Waals surface area contributed by atoms with Gasteiger partial charge in [0.1, 0.15) is 0 Å². The molecule has 5 heteroatoms. The Morgan fingerprint density at radius 2 is 1.73 bits per heavy atom. The van der Waals surface area contributed by atoms with Crippen molar-refractivity contribution in [2.45, 2.75) is 20.4 Å². The van der Waals surface area contributed by atoms with E-state index in [0.717, 1.165) is 16.8 Å². The highest BCUT2D eigenvalue weighted by Crippen LogP contribution is 2.19. The molecule has 0 aliphatic carbocycles. The predicted molar refractivity (Wildman–Crippen MR) is 103 cm³/mol. The van der Waals surface area contributed by atoms with Gasteiger partial charge in [0.25, 0.3) is 5.91 Å². The molecule has 3 aromatic rings. The van der Waals surface area contributed by atoms with Crippen LogP contribution in [0.3, 0.4) is 0 Å². The molecule has 1 amide bonds. The van der Waals surface area contributed by atoms with Crippen molar-refractivity contribution in [3.63, 3.8) is 0 Å². The second-order valence-corrected chi connectivity index (χ2v) is 6.39. The van der Waals surface area contributed by atoms with Crippen LogP contribution in [-0.2, 0) is 6.54 Å². The van der Waals surface area contributed by atoms with Crippen LogP contribution in [0.4, 0.5) is 11.6 Å². The fourth-order valence-corrected chi connectivity index (χ4v) is 2.73. The van der Waals surface area contributed by atoms with E-state index >= 15 is 0 Å². The second-order valence-electron chi connectivity index (χ2n) is 6.39.